The molecule has 0 saturated heterocycles. The fraction of sp³-hybridized carbons (Fsp3) is 0.273. The third kappa shape index (κ3) is 5.66. The number of carbonyl (C=O) groups excluding carboxylic acids is 1. The highest BCUT2D eigenvalue weighted by molar-refractivity contribution is 5.96. The number of nitrogens with one attached hydrogen (secondary N) is 1. The minimum absolute atomic E-state index is 0.0177. The van der Waals surface area contributed by atoms with Crippen LogP contribution in [0.25, 0.3) is 0 Å². The van der Waals surface area contributed by atoms with Crippen LogP contribution in [0.3, 0.4) is 0 Å². The molecule has 1 aromatic heterocycles. The molecule has 2 aromatic rings. The highest BCUT2D eigenvalue weighted by atomic mass is 16.5. The third-order valence-electron chi connectivity index (χ3n) is 4.67. The van der Waals surface area contributed by atoms with Crippen molar-refractivity contribution in [2.45, 2.75) is 19.1 Å². The fourth-order valence-electron chi connectivity index (χ4n) is 3.04. The molecule has 0 spiro atoms. The second kappa shape index (κ2) is 9.86. The lowest BCUT2D eigenvalue weighted by molar-refractivity contribution is -0.496. The van der Waals surface area contributed by atoms with Crippen LogP contribution in [0.15, 0.2) is 66.6 Å². The number of phenols is 1. The van der Waals surface area contributed by atoms with Gasteiger partial charge in [-0.1, -0.05) is 18.2 Å². The van der Waals surface area contributed by atoms with E-state index >= 15 is 0 Å². The number of carbonyl (C=O) groups is 1. The number of allylic oxidation sites excluding steroid dienone is 3. The predicted molar refractivity (Wildman–Crippen MR) is 108 cm³/mol. The molecule has 0 fully saturated rings. The van der Waals surface area contributed by atoms with Crippen molar-refractivity contribution in [2.24, 2.45) is 5.92 Å². The second-order valence-corrected chi connectivity index (χ2v) is 6.77. The van der Waals surface area contributed by atoms with Gasteiger partial charge < -0.3 is 25.6 Å². The molecule has 0 radical (unpaired) electrons. The van der Waals surface area contributed by atoms with E-state index in [4.69, 9.17) is 9.47 Å². The molecule has 29 heavy (non-hydrogen) atoms. The van der Waals surface area contributed by atoms with Gasteiger partial charge in [0, 0.05) is 25.9 Å². The normalized spacial score (nSPS) is 16.8. The van der Waals surface area contributed by atoms with Gasteiger partial charge >= 0.3 is 0 Å². The summed E-state index contributed by atoms with van der Waals surface area (Å²) in [6, 6.07) is 10.1. The standard InChI is InChI=1S/C22H25N3O4/c1-28-21(23)19-14-17(10-12-24-19)29-16-6-4-5-15(13-16)9-11-25-22(27)18-7-2-3-8-20(18)26/h2-4,6-8,10,12-15,21,26H,5,9,11,23H2,1H3,(H,25,27)/p+1. The molecular formula is C22H26N3O4+. The Bertz CT molecular complexity index is 910. The van der Waals surface area contributed by atoms with Crippen LogP contribution in [0.5, 0.6) is 11.5 Å². The summed E-state index contributed by atoms with van der Waals surface area (Å²) in [4.78, 5) is 16.4. The van der Waals surface area contributed by atoms with Crippen LogP contribution in [0.4, 0.5) is 0 Å². The van der Waals surface area contributed by atoms with Crippen molar-refractivity contribution >= 4 is 5.91 Å². The monoisotopic (exact) mass is 396 g/mol. The molecule has 2 atom stereocenters. The molecule has 152 valence electrons. The third-order valence-corrected chi connectivity index (χ3v) is 4.67. The molecule has 1 heterocycles. The molecule has 2 unspecified atom stereocenters. The van der Waals surface area contributed by atoms with Gasteiger partial charge in [-0.15, -0.1) is 0 Å². The Morgan fingerprint density at radius 3 is 3.00 bits per heavy atom. The van der Waals surface area contributed by atoms with Crippen LogP contribution in [0.2, 0.25) is 0 Å². The molecule has 0 bridgehead atoms. The lowest BCUT2D eigenvalue weighted by atomic mass is 9.96. The van der Waals surface area contributed by atoms with Crippen molar-refractivity contribution < 1.29 is 25.1 Å². The number of hydrogen-bond acceptors (Lipinski definition) is 5. The van der Waals surface area contributed by atoms with Gasteiger partial charge in [0.05, 0.1) is 5.56 Å². The van der Waals surface area contributed by atoms with Crippen LogP contribution >= 0.6 is 0 Å². The number of amides is 1. The fourth-order valence-corrected chi connectivity index (χ4v) is 3.04. The van der Waals surface area contributed by atoms with Crippen molar-refractivity contribution in [3.8, 4) is 11.5 Å². The second-order valence-electron chi connectivity index (χ2n) is 6.77. The largest absolute Gasteiger partial charge is 0.507 e. The number of ether oxygens (including phenoxy) is 2. The average molecular weight is 396 g/mol. The Labute approximate surface area is 169 Å². The van der Waals surface area contributed by atoms with Crippen LogP contribution in [-0.4, -0.2) is 29.7 Å². The molecule has 1 aliphatic carbocycles. The lowest BCUT2D eigenvalue weighted by Gasteiger charge is -2.18. The maximum absolute atomic E-state index is 12.2. The number of aromatic hydroxyl groups is 1. The number of benzene rings is 1. The number of quaternary nitrogens is 1. The van der Waals surface area contributed by atoms with Crippen LogP contribution in [0, 0.1) is 5.92 Å². The summed E-state index contributed by atoms with van der Waals surface area (Å²) in [5.41, 5.74) is 4.87. The van der Waals surface area contributed by atoms with E-state index < -0.39 is 0 Å². The van der Waals surface area contributed by atoms with Gasteiger partial charge in [0.1, 0.15) is 23.0 Å². The lowest BCUT2D eigenvalue weighted by Crippen LogP contribution is -2.54. The Morgan fingerprint density at radius 1 is 1.38 bits per heavy atom. The highest BCUT2D eigenvalue weighted by Crippen LogP contribution is 2.24. The first-order valence-electron chi connectivity index (χ1n) is 9.51. The van der Waals surface area contributed by atoms with E-state index in [1.165, 1.54) is 6.07 Å². The molecule has 7 heteroatoms. The Balaban J connectivity index is 1.54. The molecule has 5 N–H and O–H groups in total. The highest BCUT2D eigenvalue weighted by Gasteiger charge is 2.15. The molecule has 3 rings (SSSR count). The van der Waals surface area contributed by atoms with E-state index in [2.05, 4.69) is 28.2 Å². The Morgan fingerprint density at radius 2 is 2.21 bits per heavy atom. The van der Waals surface area contributed by atoms with Gasteiger partial charge in [0.15, 0.2) is 0 Å². The van der Waals surface area contributed by atoms with Gasteiger partial charge in [0.25, 0.3) is 5.91 Å². The summed E-state index contributed by atoms with van der Waals surface area (Å²) < 4.78 is 11.2. The first-order chi connectivity index (χ1) is 14.1. The minimum atomic E-state index is -0.352. The summed E-state index contributed by atoms with van der Waals surface area (Å²) in [6.07, 6.45) is 9.02. The van der Waals surface area contributed by atoms with Crippen LogP contribution in [-0.2, 0) is 4.74 Å². The van der Waals surface area contributed by atoms with Gasteiger partial charge in [-0.25, -0.2) is 0 Å². The maximum Gasteiger partial charge on any atom is 0.255 e. The van der Waals surface area contributed by atoms with Gasteiger partial charge in [-0.3, -0.25) is 9.78 Å². The molecule has 0 aliphatic heterocycles. The van der Waals surface area contributed by atoms with E-state index in [0.717, 1.165) is 18.6 Å². The van der Waals surface area contributed by atoms with E-state index in [-0.39, 0.29) is 29.4 Å². The number of pyridine rings is 1. The van der Waals surface area contributed by atoms with Crippen molar-refractivity contribution in [2.75, 3.05) is 13.7 Å². The number of phenolic OH excluding ortho intramolecular Hbond substituents is 1. The number of aromatic nitrogens is 1. The van der Waals surface area contributed by atoms with Crippen molar-refractivity contribution in [3.63, 3.8) is 0 Å². The first kappa shape index (κ1) is 20.6. The Kier molecular flexibility index (Phi) is 6.99. The van der Waals surface area contributed by atoms with Crippen LogP contribution < -0.4 is 15.8 Å². The molecule has 7 nitrogen and oxygen atoms in total. The van der Waals surface area contributed by atoms with Gasteiger partial charge in [-0.2, -0.15) is 0 Å². The minimum Gasteiger partial charge on any atom is -0.507 e. The van der Waals surface area contributed by atoms with Gasteiger partial charge in [0.2, 0.25) is 6.23 Å². The number of rotatable bonds is 8. The van der Waals surface area contributed by atoms with Crippen LogP contribution in [0.1, 0.15) is 35.1 Å². The molecule has 1 amide bonds. The summed E-state index contributed by atoms with van der Waals surface area (Å²) in [5.74, 6) is 1.38. The summed E-state index contributed by atoms with van der Waals surface area (Å²) in [7, 11) is 1.59. The van der Waals surface area contributed by atoms with Crippen molar-refractivity contribution in [1.29, 1.82) is 0 Å². The molecule has 0 saturated carbocycles. The SMILES string of the molecule is COC([NH3+])c1cc(OC2=CC(CCNC(=O)c3ccccc3O)CC=C2)ccn1. The summed E-state index contributed by atoms with van der Waals surface area (Å²) >= 11 is 0. The van der Waals surface area contributed by atoms with E-state index in [1.54, 1.807) is 37.6 Å². The van der Waals surface area contributed by atoms with Gasteiger partial charge in [-0.05, 0) is 49.1 Å². The average Bonchev–Trinajstić information content (AvgIpc) is 2.74. The molecular weight excluding hydrogens is 370 g/mol. The maximum atomic E-state index is 12.2. The van der Waals surface area contributed by atoms with E-state index in [0.29, 0.717) is 18.0 Å². The summed E-state index contributed by atoms with van der Waals surface area (Å²) in [5, 5.41) is 12.6. The zero-order chi connectivity index (χ0) is 20.6. The topological polar surface area (TPSA) is 108 Å². The zero-order valence-corrected chi connectivity index (χ0v) is 16.4. The summed E-state index contributed by atoms with van der Waals surface area (Å²) in [6.45, 7) is 0.506. The van der Waals surface area contributed by atoms with Crippen molar-refractivity contribution in [3.05, 3.63) is 77.8 Å². The molecule has 1 aliphatic rings. The number of nitrogens with zero attached hydrogens (tertiary/aromatic N) is 1. The Hall–Kier alpha value is -3.16. The van der Waals surface area contributed by atoms with E-state index in [9.17, 15) is 9.90 Å². The molecule has 1 aromatic carbocycles. The van der Waals surface area contributed by atoms with E-state index in [1.807, 2.05) is 12.1 Å². The smallest absolute Gasteiger partial charge is 0.255 e. The first-order valence-corrected chi connectivity index (χ1v) is 9.51. The predicted octanol–water partition coefficient (Wildman–Crippen LogP) is 2.33. The zero-order valence-electron chi connectivity index (χ0n) is 16.4. The van der Waals surface area contributed by atoms with Crippen molar-refractivity contribution in [1.82, 2.24) is 10.3 Å². The number of methoxy groups -OCH3 is 1. The number of hydrogen-bond donors (Lipinski definition) is 3. The quantitative estimate of drug-likeness (QED) is 0.594. The number of para-hydroxylation sites is 1.